The van der Waals surface area contributed by atoms with Crippen LogP contribution < -0.4 is 0 Å². The van der Waals surface area contributed by atoms with Crippen LogP contribution in [-0.4, -0.2) is 33.7 Å². The number of halogens is 2. The van der Waals surface area contributed by atoms with Crippen LogP contribution >= 0.6 is 0 Å². The van der Waals surface area contributed by atoms with Crippen molar-refractivity contribution in [3.63, 3.8) is 0 Å². The molecule has 3 heterocycles. The molecule has 2 N–H and O–H groups in total. The van der Waals surface area contributed by atoms with E-state index in [4.69, 9.17) is 5.11 Å². The molecule has 0 fully saturated rings. The van der Waals surface area contributed by atoms with Gasteiger partial charge in [-0.15, -0.1) is 0 Å². The van der Waals surface area contributed by atoms with Crippen LogP contribution in [0, 0.1) is 0 Å². The summed E-state index contributed by atoms with van der Waals surface area (Å²) in [6.07, 6.45) is 10.4. The Labute approximate surface area is 171 Å². The highest BCUT2D eigenvalue weighted by Crippen LogP contribution is 2.25. The maximum Gasteiger partial charge on any atom is 0.678 e. The first-order valence-electron chi connectivity index (χ1n) is 9.14. The predicted molar refractivity (Wildman–Crippen MR) is 115 cm³/mol. The third kappa shape index (κ3) is 4.07. The molecule has 1 aliphatic heterocycles. The van der Waals surface area contributed by atoms with E-state index in [0.29, 0.717) is 28.5 Å². The van der Waals surface area contributed by atoms with Gasteiger partial charge in [-0.1, -0.05) is 18.2 Å². The van der Waals surface area contributed by atoms with Gasteiger partial charge in [0.2, 0.25) is 0 Å². The van der Waals surface area contributed by atoms with Gasteiger partial charge in [0.05, 0.1) is 28.4 Å². The minimum atomic E-state index is -2.69. The fourth-order valence-corrected chi connectivity index (χ4v) is 3.15. The smallest absolute Gasteiger partial charge is 0.478 e. The van der Waals surface area contributed by atoms with Crippen molar-refractivity contribution >= 4 is 31.2 Å². The van der Waals surface area contributed by atoms with Crippen LogP contribution in [-0.2, 0) is 0 Å². The molecule has 2 aromatic heterocycles. The second-order valence-corrected chi connectivity index (χ2v) is 6.57. The molecule has 3 aromatic rings. The molecule has 0 amide bonds. The Bertz CT molecular complexity index is 1190. The molecule has 0 radical (unpaired) electrons. The quantitative estimate of drug-likeness (QED) is 0.568. The summed E-state index contributed by atoms with van der Waals surface area (Å²) in [6, 6.07) is 13.2. The maximum atomic E-state index is 13.7. The minimum absolute atomic E-state index is 0.219. The molecule has 0 atom stereocenters. The van der Waals surface area contributed by atoms with Crippen molar-refractivity contribution in [3.8, 4) is 11.4 Å². The van der Waals surface area contributed by atoms with Crippen molar-refractivity contribution in [2.45, 2.75) is 0 Å². The molecule has 1 aliphatic rings. The standard InChI is InChI=1S/C22H16BF2N3O2/c24-23(25)28-19(11-12-21(28)20-2-1-13-26-20)14-18-10-9-17(27-18)8-5-15-3-6-16(7-4-15)22(29)30/h1-14,26H,(H,29,30)/b8-5+,18-14-. The largest absolute Gasteiger partial charge is 0.678 e. The number of aromatic carboxylic acids is 1. The molecule has 8 heteroatoms. The van der Waals surface area contributed by atoms with Crippen LogP contribution in [0.25, 0.3) is 23.5 Å². The van der Waals surface area contributed by atoms with E-state index in [1.807, 2.05) is 6.08 Å². The van der Waals surface area contributed by atoms with Gasteiger partial charge in [0, 0.05) is 11.9 Å². The van der Waals surface area contributed by atoms with Crippen LogP contribution in [0.4, 0.5) is 8.63 Å². The van der Waals surface area contributed by atoms with Crippen LogP contribution in [0.3, 0.4) is 0 Å². The summed E-state index contributed by atoms with van der Waals surface area (Å²) in [5.74, 6) is -0.976. The number of rotatable bonds is 6. The molecule has 30 heavy (non-hydrogen) atoms. The third-order valence-corrected chi connectivity index (χ3v) is 4.60. The van der Waals surface area contributed by atoms with E-state index in [2.05, 4.69) is 9.98 Å². The van der Waals surface area contributed by atoms with E-state index < -0.39 is 13.4 Å². The van der Waals surface area contributed by atoms with E-state index in [0.717, 1.165) is 10.0 Å². The average molecular weight is 403 g/mol. The molecule has 0 saturated carbocycles. The normalized spacial score (nSPS) is 14.6. The highest BCUT2D eigenvalue weighted by Gasteiger charge is 2.24. The lowest BCUT2D eigenvalue weighted by Crippen LogP contribution is -2.15. The minimum Gasteiger partial charge on any atom is -0.478 e. The van der Waals surface area contributed by atoms with Gasteiger partial charge in [-0.2, -0.15) is 0 Å². The van der Waals surface area contributed by atoms with Crippen molar-refractivity contribution in [2.24, 2.45) is 4.99 Å². The maximum absolute atomic E-state index is 13.7. The molecule has 1 aromatic carbocycles. The zero-order valence-corrected chi connectivity index (χ0v) is 15.7. The Hall–Kier alpha value is -3.94. The van der Waals surface area contributed by atoms with E-state index in [9.17, 15) is 13.4 Å². The fraction of sp³-hybridized carbons (Fsp3) is 0. The molecule has 0 saturated heterocycles. The van der Waals surface area contributed by atoms with Gasteiger partial charge in [-0.3, -0.25) is 8.63 Å². The molecular formula is C22H16BF2N3O2. The number of benzene rings is 1. The van der Waals surface area contributed by atoms with Crippen molar-refractivity contribution in [1.82, 2.24) is 9.46 Å². The van der Waals surface area contributed by atoms with Gasteiger partial charge >= 0.3 is 13.4 Å². The summed E-state index contributed by atoms with van der Waals surface area (Å²) in [7, 11) is -2.69. The number of carbonyl (C=O) groups is 1. The number of aliphatic imine (C=N–C) groups is 1. The number of hydrogen-bond acceptors (Lipinski definition) is 2. The number of carboxylic acid groups (broad SMARTS) is 1. The number of hydrogen-bond donors (Lipinski definition) is 2. The van der Waals surface area contributed by atoms with Gasteiger partial charge in [-0.25, -0.2) is 9.79 Å². The Balaban J connectivity index is 1.55. The Morgan fingerprint density at radius 3 is 2.53 bits per heavy atom. The lowest BCUT2D eigenvalue weighted by Gasteiger charge is -2.07. The lowest BCUT2D eigenvalue weighted by molar-refractivity contribution is 0.0697. The van der Waals surface area contributed by atoms with Crippen LogP contribution in [0.1, 0.15) is 21.6 Å². The summed E-state index contributed by atoms with van der Waals surface area (Å²) in [5, 5.41) is 8.93. The summed E-state index contributed by atoms with van der Waals surface area (Å²) in [4.78, 5) is 18.3. The van der Waals surface area contributed by atoms with E-state index >= 15 is 0 Å². The van der Waals surface area contributed by atoms with Gasteiger partial charge in [0.25, 0.3) is 0 Å². The van der Waals surface area contributed by atoms with Crippen molar-refractivity contribution in [3.05, 3.63) is 95.5 Å². The number of aromatic amines is 1. The molecule has 0 unspecified atom stereocenters. The first-order valence-corrected chi connectivity index (χ1v) is 9.14. The lowest BCUT2D eigenvalue weighted by atomic mass is 10.1. The van der Waals surface area contributed by atoms with Gasteiger partial charge < -0.3 is 14.6 Å². The fourth-order valence-electron chi connectivity index (χ4n) is 3.15. The first-order chi connectivity index (χ1) is 14.5. The first kappa shape index (κ1) is 19.4. The number of nitrogens with zero attached hydrogens (tertiary/aromatic N) is 2. The summed E-state index contributed by atoms with van der Waals surface area (Å²) >= 11 is 0. The average Bonchev–Trinajstić information content (AvgIpc) is 3.47. The van der Waals surface area contributed by atoms with Gasteiger partial charge in [-0.05, 0) is 66.3 Å². The summed E-state index contributed by atoms with van der Waals surface area (Å²) < 4.78 is 28.3. The zero-order valence-electron chi connectivity index (χ0n) is 15.7. The second-order valence-electron chi connectivity index (χ2n) is 6.57. The van der Waals surface area contributed by atoms with Crippen LogP contribution in [0.5, 0.6) is 0 Å². The number of aromatic nitrogens is 2. The molecule has 5 nitrogen and oxygen atoms in total. The summed E-state index contributed by atoms with van der Waals surface area (Å²) in [5.41, 5.74) is 3.65. The van der Waals surface area contributed by atoms with E-state index in [1.165, 1.54) is 12.1 Å². The SMILES string of the molecule is O=C(O)c1ccc(/C=C/C2=NC(=C\c3ccc(-c4ccc[nH]4)n3B(F)F)/C=C2)cc1. The molecule has 0 aliphatic carbocycles. The molecular weight excluding hydrogens is 387 g/mol. The number of allylic oxidation sites excluding steroid dienone is 3. The van der Waals surface area contributed by atoms with Crippen LogP contribution in [0.2, 0.25) is 0 Å². The van der Waals surface area contributed by atoms with Crippen molar-refractivity contribution < 1.29 is 18.5 Å². The highest BCUT2D eigenvalue weighted by atomic mass is 19.2. The highest BCUT2D eigenvalue weighted by molar-refractivity contribution is 6.42. The topological polar surface area (TPSA) is 70.4 Å². The Morgan fingerprint density at radius 1 is 1.07 bits per heavy atom. The molecule has 4 rings (SSSR count). The Morgan fingerprint density at radius 2 is 1.87 bits per heavy atom. The third-order valence-electron chi connectivity index (χ3n) is 4.60. The van der Waals surface area contributed by atoms with Gasteiger partial charge in [0.15, 0.2) is 0 Å². The predicted octanol–water partition coefficient (Wildman–Crippen LogP) is 5.02. The monoisotopic (exact) mass is 403 g/mol. The van der Waals surface area contributed by atoms with E-state index in [-0.39, 0.29) is 5.56 Å². The van der Waals surface area contributed by atoms with Crippen LogP contribution in [0.15, 0.2) is 83.6 Å². The number of carboxylic acids is 1. The molecule has 148 valence electrons. The number of H-pyrrole nitrogens is 1. The van der Waals surface area contributed by atoms with Crippen molar-refractivity contribution in [2.75, 3.05) is 0 Å². The molecule has 0 bridgehead atoms. The van der Waals surface area contributed by atoms with Crippen molar-refractivity contribution in [1.29, 1.82) is 0 Å². The number of nitrogens with one attached hydrogen (secondary N) is 1. The molecule has 0 spiro atoms. The Kier molecular flexibility index (Phi) is 5.30. The second kappa shape index (κ2) is 8.20. The van der Waals surface area contributed by atoms with Gasteiger partial charge in [0.1, 0.15) is 0 Å². The zero-order chi connectivity index (χ0) is 21.1. The summed E-state index contributed by atoms with van der Waals surface area (Å²) in [6.45, 7) is 0. The van der Waals surface area contributed by atoms with E-state index in [1.54, 1.807) is 66.9 Å².